The molecule has 0 aliphatic heterocycles. The van der Waals surface area contributed by atoms with Crippen LogP contribution < -0.4 is 5.32 Å². The molecule has 0 heterocycles. The Morgan fingerprint density at radius 2 is 1.82 bits per heavy atom. The highest BCUT2D eigenvalue weighted by atomic mass is 32.2. The van der Waals surface area contributed by atoms with Crippen LogP contribution in [-0.4, -0.2) is 41.9 Å². The largest absolute Gasteiger partial charge is 0.504 e. The second kappa shape index (κ2) is 4.88. The Morgan fingerprint density at radius 3 is 2.29 bits per heavy atom. The molecule has 0 aliphatic carbocycles. The van der Waals surface area contributed by atoms with Gasteiger partial charge < -0.3 is 20.6 Å². The van der Waals surface area contributed by atoms with Gasteiger partial charge in [0.05, 0.1) is 6.10 Å². The fourth-order valence-corrected chi connectivity index (χ4v) is 2.11. The lowest BCUT2D eigenvalue weighted by Crippen LogP contribution is -2.18. The maximum Gasteiger partial charge on any atom is 0.295 e. The quantitative estimate of drug-likeness (QED) is 0.369. The summed E-state index contributed by atoms with van der Waals surface area (Å²) in [5, 5.41) is 30.7. The molecule has 5 N–H and O–H groups in total. The average Bonchev–Trinajstić information content (AvgIpc) is 2.20. The van der Waals surface area contributed by atoms with E-state index in [1.165, 1.54) is 7.05 Å². The zero-order valence-corrected chi connectivity index (χ0v) is 9.77. The van der Waals surface area contributed by atoms with E-state index in [0.717, 1.165) is 6.07 Å². The van der Waals surface area contributed by atoms with Crippen LogP contribution in [0.1, 0.15) is 11.7 Å². The summed E-state index contributed by atoms with van der Waals surface area (Å²) in [6, 6.07) is 1.57. The number of aromatic hydroxyl groups is 2. The van der Waals surface area contributed by atoms with E-state index in [1.54, 1.807) is 0 Å². The van der Waals surface area contributed by atoms with Crippen molar-refractivity contribution >= 4 is 10.1 Å². The molecule has 1 atom stereocenters. The van der Waals surface area contributed by atoms with Crippen molar-refractivity contribution in [2.45, 2.75) is 11.0 Å². The summed E-state index contributed by atoms with van der Waals surface area (Å²) in [6.45, 7) is 0.0206. The molecule has 0 saturated heterocycles. The second-order valence-corrected chi connectivity index (χ2v) is 4.82. The third-order valence-corrected chi connectivity index (χ3v) is 3.05. The summed E-state index contributed by atoms with van der Waals surface area (Å²) in [5.74, 6) is -1.28. The summed E-state index contributed by atoms with van der Waals surface area (Å²) in [6.07, 6.45) is -1.25. The third kappa shape index (κ3) is 3.07. The predicted octanol–water partition coefficient (Wildman–Crippen LogP) is -0.403. The van der Waals surface area contributed by atoms with Crippen LogP contribution in [0.3, 0.4) is 0 Å². The molecular weight excluding hydrogens is 250 g/mol. The van der Waals surface area contributed by atoms with Gasteiger partial charge in [-0.1, -0.05) is 0 Å². The van der Waals surface area contributed by atoms with E-state index in [0.29, 0.717) is 6.07 Å². The van der Waals surface area contributed by atoms with Crippen molar-refractivity contribution in [2.75, 3.05) is 13.6 Å². The van der Waals surface area contributed by atoms with E-state index in [4.69, 9.17) is 4.55 Å². The van der Waals surface area contributed by atoms with Gasteiger partial charge >= 0.3 is 0 Å². The number of rotatable bonds is 4. The fraction of sp³-hybridized carbons (Fsp3) is 0.333. The van der Waals surface area contributed by atoms with Gasteiger partial charge in [0.25, 0.3) is 10.1 Å². The van der Waals surface area contributed by atoms with Gasteiger partial charge in [-0.2, -0.15) is 8.42 Å². The highest BCUT2D eigenvalue weighted by molar-refractivity contribution is 7.85. The number of aliphatic hydroxyl groups is 1. The molecule has 0 aromatic heterocycles. The smallest absolute Gasteiger partial charge is 0.295 e. The Labute approximate surface area is 98.1 Å². The number of benzene rings is 1. The van der Waals surface area contributed by atoms with Crippen molar-refractivity contribution in [3.8, 4) is 11.5 Å². The van der Waals surface area contributed by atoms with Crippen LogP contribution in [-0.2, 0) is 10.1 Å². The van der Waals surface area contributed by atoms with Crippen molar-refractivity contribution < 1.29 is 28.3 Å². The minimum atomic E-state index is -4.59. The van der Waals surface area contributed by atoms with E-state index in [1.807, 2.05) is 0 Å². The molecule has 1 unspecified atom stereocenters. The molecule has 1 rings (SSSR count). The van der Waals surface area contributed by atoms with Crippen molar-refractivity contribution in [2.24, 2.45) is 0 Å². The molecular formula is C9H13NO6S. The first kappa shape index (κ1) is 13.7. The highest BCUT2D eigenvalue weighted by Crippen LogP contribution is 2.33. The zero-order valence-electron chi connectivity index (χ0n) is 8.95. The number of aliphatic hydroxyl groups excluding tert-OH is 1. The number of hydrogen-bond acceptors (Lipinski definition) is 6. The molecule has 1 aromatic carbocycles. The number of phenolic OH excluding ortho intramolecular Hbond substituents is 2. The van der Waals surface area contributed by atoms with E-state index in [-0.39, 0.29) is 12.1 Å². The Balaban J connectivity index is 3.41. The Bertz CT molecular complexity index is 512. The number of nitrogens with one attached hydrogen (secondary N) is 1. The minimum Gasteiger partial charge on any atom is -0.504 e. The van der Waals surface area contributed by atoms with Gasteiger partial charge in [0.15, 0.2) is 11.5 Å². The molecule has 17 heavy (non-hydrogen) atoms. The van der Waals surface area contributed by atoms with Crippen LogP contribution in [0.15, 0.2) is 17.0 Å². The summed E-state index contributed by atoms with van der Waals surface area (Å²) >= 11 is 0. The van der Waals surface area contributed by atoms with Gasteiger partial charge in [-0.05, 0) is 13.1 Å². The predicted molar refractivity (Wildman–Crippen MR) is 58.5 cm³/mol. The van der Waals surface area contributed by atoms with Crippen molar-refractivity contribution in [3.05, 3.63) is 17.7 Å². The number of phenols is 2. The maximum absolute atomic E-state index is 11.1. The van der Waals surface area contributed by atoms with Crippen LogP contribution in [0.25, 0.3) is 0 Å². The van der Waals surface area contributed by atoms with Gasteiger partial charge in [0, 0.05) is 18.2 Å². The molecule has 0 radical (unpaired) electrons. The first-order chi connectivity index (χ1) is 7.77. The average molecular weight is 263 g/mol. The first-order valence-electron chi connectivity index (χ1n) is 4.63. The lowest BCUT2D eigenvalue weighted by molar-refractivity contribution is 0.173. The van der Waals surface area contributed by atoms with E-state index < -0.39 is 32.6 Å². The normalized spacial score (nSPS) is 13.6. The Morgan fingerprint density at radius 1 is 1.29 bits per heavy atom. The lowest BCUT2D eigenvalue weighted by Gasteiger charge is -2.14. The van der Waals surface area contributed by atoms with Gasteiger partial charge in [0.2, 0.25) is 0 Å². The Hall–Kier alpha value is -1.35. The minimum absolute atomic E-state index is 0.0206. The van der Waals surface area contributed by atoms with Crippen molar-refractivity contribution in [1.82, 2.24) is 5.32 Å². The van der Waals surface area contributed by atoms with Crippen LogP contribution in [0.4, 0.5) is 0 Å². The molecule has 1 aromatic rings. The molecule has 0 aliphatic rings. The van der Waals surface area contributed by atoms with Crippen LogP contribution >= 0.6 is 0 Å². The number of likely N-dealkylation sites (N-methyl/N-ethyl adjacent to an activating group) is 1. The van der Waals surface area contributed by atoms with Gasteiger partial charge in [-0.3, -0.25) is 4.55 Å². The molecule has 8 heteroatoms. The summed E-state index contributed by atoms with van der Waals surface area (Å²) in [5.41, 5.74) is -0.197. The van der Waals surface area contributed by atoms with E-state index in [2.05, 4.69) is 5.32 Å². The lowest BCUT2D eigenvalue weighted by atomic mass is 10.1. The molecule has 0 fully saturated rings. The van der Waals surface area contributed by atoms with Gasteiger partial charge in [-0.15, -0.1) is 0 Å². The van der Waals surface area contributed by atoms with Crippen LogP contribution in [0.5, 0.6) is 11.5 Å². The molecule has 0 spiro atoms. The van der Waals surface area contributed by atoms with Crippen molar-refractivity contribution in [1.29, 1.82) is 0 Å². The highest BCUT2D eigenvalue weighted by Gasteiger charge is 2.23. The molecule has 0 saturated carbocycles. The first-order valence-corrected chi connectivity index (χ1v) is 6.07. The van der Waals surface area contributed by atoms with Gasteiger partial charge in [0.1, 0.15) is 4.90 Å². The molecule has 96 valence electrons. The second-order valence-electron chi connectivity index (χ2n) is 3.43. The van der Waals surface area contributed by atoms with Gasteiger partial charge in [-0.25, -0.2) is 0 Å². The third-order valence-electron chi connectivity index (χ3n) is 2.14. The van der Waals surface area contributed by atoms with Crippen LogP contribution in [0.2, 0.25) is 0 Å². The molecule has 0 amide bonds. The summed E-state index contributed by atoms with van der Waals surface area (Å²) in [4.78, 5) is -0.643. The topological polar surface area (TPSA) is 127 Å². The van der Waals surface area contributed by atoms with E-state index in [9.17, 15) is 23.7 Å². The SMILES string of the molecule is CNCC(O)c1cc(O)c(O)cc1S(=O)(=O)O. The summed E-state index contributed by atoms with van der Waals surface area (Å²) in [7, 11) is -3.06. The number of hydrogen-bond donors (Lipinski definition) is 5. The molecule has 0 bridgehead atoms. The zero-order chi connectivity index (χ0) is 13.2. The molecule has 7 nitrogen and oxygen atoms in total. The standard InChI is InChI=1S/C9H13NO6S/c1-10-4-8(13)5-2-6(11)7(12)3-9(5)17(14,15)16/h2-3,8,10-13H,4H2,1H3,(H,14,15,16). The fourth-order valence-electron chi connectivity index (χ4n) is 1.36. The maximum atomic E-state index is 11.1. The van der Waals surface area contributed by atoms with Crippen molar-refractivity contribution in [3.63, 3.8) is 0 Å². The Kier molecular flexibility index (Phi) is 3.94. The van der Waals surface area contributed by atoms with E-state index >= 15 is 0 Å². The summed E-state index contributed by atoms with van der Waals surface area (Å²) < 4.78 is 31.1. The van der Waals surface area contributed by atoms with Crippen LogP contribution in [0, 0.1) is 0 Å². The monoisotopic (exact) mass is 263 g/mol.